The van der Waals surface area contributed by atoms with Gasteiger partial charge in [0, 0.05) is 23.9 Å². The summed E-state index contributed by atoms with van der Waals surface area (Å²) in [6, 6.07) is 7.80. The minimum absolute atomic E-state index is 0.0597. The number of para-hydroxylation sites is 1. The molecule has 8 heteroatoms. The SMILES string of the molecule is CC1(C)C[C@@]2(C=C(C#N)C1=O)CCN(C(=O)c1ccccc1OCC(F)(F)F)C2. The Morgan fingerprint density at radius 2 is 2.00 bits per heavy atom. The van der Waals surface area contributed by atoms with Crippen molar-refractivity contribution in [2.45, 2.75) is 32.9 Å². The van der Waals surface area contributed by atoms with E-state index >= 15 is 0 Å². The number of benzene rings is 1. The number of nitrogens with zero attached hydrogens (tertiary/aromatic N) is 2. The molecule has 5 nitrogen and oxygen atoms in total. The van der Waals surface area contributed by atoms with E-state index < -0.39 is 29.5 Å². The van der Waals surface area contributed by atoms with Crippen LogP contribution in [0.5, 0.6) is 5.75 Å². The molecule has 1 aromatic carbocycles. The number of likely N-dealkylation sites (tertiary alicyclic amines) is 1. The lowest BCUT2D eigenvalue weighted by Gasteiger charge is -2.38. The van der Waals surface area contributed by atoms with Crippen LogP contribution in [0.4, 0.5) is 13.2 Å². The molecule has 0 saturated carbocycles. The van der Waals surface area contributed by atoms with E-state index in [-0.39, 0.29) is 22.7 Å². The second-order valence-corrected chi connectivity index (χ2v) is 8.30. The molecule has 1 spiro atoms. The molecule has 2 aliphatic rings. The number of alkyl halides is 3. The molecule has 1 saturated heterocycles. The Kier molecular flexibility index (Phi) is 5.20. The van der Waals surface area contributed by atoms with Crippen molar-refractivity contribution < 1.29 is 27.5 Å². The highest BCUT2D eigenvalue weighted by Crippen LogP contribution is 2.48. The maximum absolute atomic E-state index is 13.0. The lowest BCUT2D eigenvalue weighted by atomic mass is 9.64. The zero-order chi connectivity index (χ0) is 21.4. The van der Waals surface area contributed by atoms with Gasteiger partial charge < -0.3 is 9.64 Å². The number of amides is 1. The molecule has 1 aliphatic carbocycles. The first kappa shape index (κ1) is 20.9. The Morgan fingerprint density at radius 3 is 2.66 bits per heavy atom. The number of halogens is 3. The first-order valence-electron chi connectivity index (χ1n) is 9.22. The van der Waals surface area contributed by atoms with Gasteiger partial charge in [0.25, 0.3) is 5.91 Å². The van der Waals surface area contributed by atoms with Crippen molar-refractivity contribution in [1.29, 1.82) is 5.26 Å². The monoisotopic (exact) mass is 406 g/mol. The predicted molar refractivity (Wildman–Crippen MR) is 98.0 cm³/mol. The summed E-state index contributed by atoms with van der Waals surface area (Å²) in [5.41, 5.74) is -1.05. The molecule has 29 heavy (non-hydrogen) atoms. The summed E-state index contributed by atoms with van der Waals surface area (Å²) >= 11 is 0. The van der Waals surface area contributed by atoms with Gasteiger partial charge in [-0.25, -0.2) is 0 Å². The maximum atomic E-state index is 13.0. The molecule has 0 radical (unpaired) electrons. The van der Waals surface area contributed by atoms with E-state index in [9.17, 15) is 28.0 Å². The first-order chi connectivity index (χ1) is 13.5. The van der Waals surface area contributed by atoms with E-state index in [0.29, 0.717) is 25.9 Å². The fourth-order valence-electron chi connectivity index (χ4n) is 4.26. The third kappa shape index (κ3) is 4.29. The Hall–Kier alpha value is -2.82. The second kappa shape index (κ2) is 7.21. The number of ether oxygens (including phenoxy) is 1. The van der Waals surface area contributed by atoms with Crippen LogP contribution < -0.4 is 4.74 Å². The van der Waals surface area contributed by atoms with Crippen molar-refractivity contribution >= 4 is 11.7 Å². The molecular formula is C21H21F3N2O3. The van der Waals surface area contributed by atoms with Gasteiger partial charge in [-0.15, -0.1) is 0 Å². The van der Waals surface area contributed by atoms with Crippen molar-refractivity contribution in [2.75, 3.05) is 19.7 Å². The normalized spacial score (nSPS) is 23.7. The average molecular weight is 406 g/mol. The highest BCUT2D eigenvalue weighted by atomic mass is 19.4. The summed E-state index contributed by atoms with van der Waals surface area (Å²) in [7, 11) is 0. The molecule has 3 rings (SSSR count). The van der Waals surface area contributed by atoms with Gasteiger partial charge in [-0.05, 0) is 25.0 Å². The Bertz CT molecular complexity index is 914. The first-order valence-corrected chi connectivity index (χ1v) is 9.22. The molecule has 1 heterocycles. The molecule has 0 unspecified atom stereocenters. The van der Waals surface area contributed by atoms with Crippen LogP contribution in [-0.4, -0.2) is 42.5 Å². The molecule has 0 aromatic heterocycles. The Morgan fingerprint density at radius 1 is 1.31 bits per heavy atom. The standard InChI is InChI=1S/C21H21F3N2O3/c1-19(2)11-20(9-14(10-25)17(19)27)7-8-26(12-20)18(28)15-5-3-4-6-16(15)29-13-21(22,23)24/h3-6,9H,7-8,11-13H2,1-2H3/t20-/m0/s1. The van der Waals surface area contributed by atoms with Crippen LogP contribution in [-0.2, 0) is 4.79 Å². The zero-order valence-corrected chi connectivity index (χ0v) is 16.2. The molecular weight excluding hydrogens is 385 g/mol. The number of carbonyl (C=O) groups is 2. The number of carbonyl (C=O) groups excluding carboxylic acids is 2. The second-order valence-electron chi connectivity index (χ2n) is 8.30. The maximum Gasteiger partial charge on any atom is 0.422 e. The molecule has 1 atom stereocenters. The highest BCUT2D eigenvalue weighted by Gasteiger charge is 2.49. The Balaban J connectivity index is 1.83. The van der Waals surface area contributed by atoms with Crippen LogP contribution in [0, 0.1) is 22.2 Å². The number of hydrogen-bond acceptors (Lipinski definition) is 4. The van der Waals surface area contributed by atoms with E-state index in [2.05, 4.69) is 0 Å². The van der Waals surface area contributed by atoms with Crippen molar-refractivity contribution in [1.82, 2.24) is 4.90 Å². The largest absolute Gasteiger partial charge is 0.483 e. The molecule has 1 fully saturated rings. The number of hydrogen-bond donors (Lipinski definition) is 0. The lowest BCUT2D eigenvalue weighted by Crippen LogP contribution is -2.40. The van der Waals surface area contributed by atoms with E-state index in [0.717, 1.165) is 0 Å². The molecule has 0 bridgehead atoms. The summed E-state index contributed by atoms with van der Waals surface area (Å²) in [6.45, 7) is 2.76. The van der Waals surface area contributed by atoms with Gasteiger partial charge in [0.05, 0.1) is 11.1 Å². The van der Waals surface area contributed by atoms with E-state index in [1.54, 1.807) is 30.9 Å². The van der Waals surface area contributed by atoms with Gasteiger partial charge in [0.15, 0.2) is 12.4 Å². The van der Waals surface area contributed by atoms with Crippen molar-refractivity contribution in [3.05, 3.63) is 41.5 Å². The van der Waals surface area contributed by atoms with E-state index in [1.165, 1.54) is 18.2 Å². The molecule has 1 amide bonds. The number of allylic oxidation sites excluding steroid dienone is 1. The van der Waals surface area contributed by atoms with Gasteiger partial charge in [-0.3, -0.25) is 9.59 Å². The minimum Gasteiger partial charge on any atom is -0.483 e. The van der Waals surface area contributed by atoms with Crippen LogP contribution in [0.1, 0.15) is 37.0 Å². The average Bonchev–Trinajstić information content (AvgIpc) is 3.05. The third-order valence-corrected chi connectivity index (χ3v) is 5.41. The van der Waals surface area contributed by atoms with Crippen molar-refractivity contribution in [3.8, 4) is 11.8 Å². The van der Waals surface area contributed by atoms with Gasteiger partial charge in [-0.2, -0.15) is 18.4 Å². The van der Waals surface area contributed by atoms with Gasteiger partial charge in [0.1, 0.15) is 11.8 Å². The van der Waals surface area contributed by atoms with Gasteiger partial charge >= 0.3 is 6.18 Å². The molecule has 0 N–H and O–H groups in total. The van der Waals surface area contributed by atoms with Crippen LogP contribution >= 0.6 is 0 Å². The fourth-order valence-corrected chi connectivity index (χ4v) is 4.26. The van der Waals surface area contributed by atoms with E-state index in [4.69, 9.17) is 4.74 Å². The number of rotatable bonds is 3. The lowest BCUT2D eigenvalue weighted by molar-refractivity contribution is -0.153. The predicted octanol–water partition coefficient (Wildman–Crippen LogP) is 3.91. The van der Waals surface area contributed by atoms with Crippen molar-refractivity contribution in [2.24, 2.45) is 10.8 Å². The van der Waals surface area contributed by atoms with Gasteiger partial charge in [-0.1, -0.05) is 32.1 Å². The topological polar surface area (TPSA) is 70.4 Å². The molecule has 154 valence electrons. The van der Waals surface area contributed by atoms with Crippen LogP contribution in [0.25, 0.3) is 0 Å². The third-order valence-electron chi connectivity index (χ3n) is 5.41. The summed E-state index contributed by atoms with van der Waals surface area (Å²) < 4.78 is 42.4. The Labute approximate surface area is 166 Å². The summed E-state index contributed by atoms with van der Waals surface area (Å²) in [4.78, 5) is 26.9. The number of nitriles is 1. The van der Waals surface area contributed by atoms with E-state index in [1.807, 2.05) is 6.07 Å². The fraction of sp³-hybridized carbons (Fsp3) is 0.476. The van der Waals surface area contributed by atoms with Crippen LogP contribution in [0.15, 0.2) is 35.9 Å². The number of ketones is 1. The smallest absolute Gasteiger partial charge is 0.422 e. The number of Topliss-reactive ketones (excluding diaryl/α,β-unsaturated/α-hetero) is 1. The minimum atomic E-state index is -4.51. The summed E-state index contributed by atoms with van der Waals surface area (Å²) in [6.07, 6.45) is -1.77. The summed E-state index contributed by atoms with van der Waals surface area (Å²) in [5.74, 6) is -0.759. The van der Waals surface area contributed by atoms with Crippen LogP contribution in [0.3, 0.4) is 0 Å². The quantitative estimate of drug-likeness (QED) is 0.763. The van der Waals surface area contributed by atoms with Gasteiger partial charge in [0.2, 0.25) is 0 Å². The van der Waals surface area contributed by atoms with Crippen LogP contribution in [0.2, 0.25) is 0 Å². The molecule has 1 aliphatic heterocycles. The zero-order valence-electron chi connectivity index (χ0n) is 16.2. The van der Waals surface area contributed by atoms with Crippen molar-refractivity contribution in [3.63, 3.8) is 0 Å². The highest BCUT2D eigenvalue weighted by molar-refractivity contribution is 6.04. The summed E-state index contributed by atoms with van der Waals surface area (Å²) in [5, 5.41) is 9.32. The molecule has 1 aromatic rings.